The van der Waals surface area contributed by atoms with Crippen LogP contribution in [0.5, 0.6) is 0 Å². The lowest BCUT2D eigenvalue weighted by molar-refractivity contribution is 0.0136. The van der Waals surface area contributed by atoms with Crippen molar-refractivity contribution in [3.63, 3.8) is 0 Å². The van der Waals surface area contributed by atoms with Crippen LogP contribution < -0.4 is 15.1 Å². The molecule has 3 aromatic rings. The third-order valence-corrected chi connectivity index (χ3v) is 6.92. The number of imidazole rings is 1. The first-order valence-corrected chi connectivity index (χ1v) is 13.0. The molecule has 0 saturated carbocycles. The molecule has 202 valence electrons. The number of ether oxygens (including phenoxy) is 1. The molecule has 0 spiro atoms. The molecule has 1 N–H and O–H groups in total. The number of piperazine rings is 1. The quantitative estimate of drug-likeness (QED) is 0.539. The molecule has 1 fully saturated rings. The fraction of sp³-hybridized carbons (Fsp3) is 0.481. The minimum absolute atomic E-state index is 0.00734. The van der Waals surface area contributed by atoms with Gasteiger partial charge in [-0.15, -0.1) is 0 Å². The minimum Gasteiger partial charge on any atom is -0.444 e. The maximum atomic E-state index is 14.7. The third kappa shape index (κ3) is 4.97. The number of fused-ring (bicyclic) bond motifs is 2. The number of carbonyl (C=O) groups excluding carboxylic acids is 2. The van der Waals surface area contributed by atoms with Crippen molar-refractivity contribution in [1.29, 1.82) is 0 Å². The number of urea groups is 1. The van der Waals surface area contributed by atoms with E-state index in [1.807, 2.05) is 38.7 Å². The summed E-state index contributed by atoms with van der Waals surface area (Å²) >= 11 is 0. The fourth-order valence-corrected chi connectivity index (χ4v) is 5.16. The van der Waals surface area contributed by atoms with Crippen LogP contribution in [0, 0.1) is 12.7 Å². The first kappa shape index (κ1) is 25.7. The highest BCUT2D eigenvalue weighted by Gasteiger charge is 2.35. The topological polar surface area (TPSA) is 95.3 Å². The number of amides is 3. The number of nitrogens with zero attached hydrogens (tertiary/aromatic N) is 6. The van der Waals surface area contributed by atoms with Gasteiger partial charge in [0.1, 0.15) is 17.1 Å². The fourth-order valence-electron chi connectivity index (χ4n) is 5.16. The van der Waals surface area contributed by atoms with Gasteiger partial charge in [0.05, 0.1) is 17.4 Å². The Morgan fingerprint density at radius 2 is 2.00 bits per heavy atom. The Kier molecular flexibility index (Phi) is 6.62. The van der Waals surface area contributed by atoms with Crippen LogP contribution >= 0.6 is 0 Å². The van der Waals surface area contributed by atoms with Gasteiger partial charge in [-0.2, -0.15) is 0 Å². The lowest BCUT2D eigenvalue weighted by atomic mass is 10.1. The zero-order valence-corrected chi connectivity index (χ0v) is 22.5. The summed E-state index contributed by atoms with van der Waals surface area (Å²) in [5.74, 6) is 0.0219. The number of aryl methyl sites for hydroxylation is 1. The van der Waals surface area contributed by atoms with Gasteiger partial charge in [-0.05, 0) is 46.6 Å². The van der Waals surface area contributed by atoms with Gasteiger partial charge < -0.3 is 24.3 Å². The Morgan fingerprint density at radius 3 is 2.74 bits per heavy atom. The molecule has 2 aliphatic heterocycles. The molecule has 1 atom stereocenters. The predicted molar refractivity (Wildman–Crippen MR) is 143 cm³/mol. The number of pyridine rings is 2. The molecule has 38 heavy (non-hydrogen) atoms. The van der Waals surface area contributed by atoms with E-state index in [0.29, 0.717) is 44.1 Å². The molecule has 3 aromatic heterocycles. The summed E-state index contributed by atoms with van der Waals surface area (Å²) in [5.41, 5.74) is 2.75. The second-order valence-electron chi connectivity index (χ2n) is 10.8. The van der Waals surface area contributed by atoms with Crippen LogP contribution in [0.2, 0.25) is 0 Å². The maximum absolute atomic E-state index is 14.7. The lowest BCUT2D eigenvalue weighted by Crippen LogP contribution is -2.56. The summed E-state index contributed by atoms with van der Waals surface area (Å²) in [6, 6.07) is 2.83. The van der Waals surface area contributed by atoms with Crippen LogP contribution in [0.4, 0.5) is 31.2 Å². The maximum Gasteiger partial charge on any atom is 0.410 e. The van der Waals surface area contributed by atoms with Gasteiger partial charge >= 0.3 is 12.1 Å². The predicted octanol–water partition coefficient (Wildman–Crippen LogP) is 4.61. The average Bonchev–Trinajstić information content (AvgIpc) is 3.45. The molecule has 5 heterocycles. The molecule has 0 bridgehead atoms. The molecule has 0 aliphatic carbocycles. The van der Waals surface area contributed by atoms with Crippen LogP contribution in [0.3, 0.4) is 0 Å². The van der Waals surface area contributed by atoms with Crippen LogP contribution in [0.25, 0.3) is 5.65 Å². The van der Waals surface area contributed by atoms with Gasteiger partial charge in [0.25, 0.3) is 0 Å². The highest BCUT2D eigenvalue weighted by Crippen LogP contribution is 2.35. The Morgan fingerprint density at radius 1 is 1.21 bits per heavy atom. The van der Waals surface area contributed by atoms with Gasteiger partial charge in [0.2, 0.25) is 0 Å². The normalized spacial score (nSPS) is 17.6. The first-order chi connectivity index (χ1) is 18.0. The molecule has 1 saturated heterocycles. The van der Waals surface area contributed by atoms with Crippen LogP contribution in [0.15, 0.2) is 30.7 Å². The Hall–Kier alpha value is -3.89. The van der Waals surface area contributed by atoms with E-state index < -0.39 is 17.4 Å². The summed E-state index contributed by atoms with van der Waals surface area (Å²) < 4.78 is 22.0. The van der Waals surface area contributed by atoms with E-state index in [0.717, 1.165) is 23.4 Å². The van der Waals surface area contributed by atoms with Gasteiger partial charge in [-0.3, -0.25) is 4.90 Å². The molecule has 3 amide bonds. The Balaban J connectivity index is 1.33. The Labute approximate surface area is 221 Å². The lowest BCUT2D eigenvalue weighted by Gasteiger charge is -2.42. The van der Waals surface area contributed by atoms with Crippen molar-refractivity contribution in [2.75, 3.05) is 41.3 Å². The standard InChI is InChI=1S/C27H34FN7O3/c1-6-18-15-32(11-12-34(18)26(37)38-27(3,4)5)22-7-9-29-24-19(22)8-10-35(24)25(36)31-21-16-33-14-17(2)30-23(33)13-20(21)28/h7,9,13-14,16,18H,6,8,10-12,15H2,1-5H3,(H,31,36)/t18-/m1/s1. The number of hydrogen-bond donors (Lipinski definition) is 1. The van der Waals surface area contributed by atoms with Crippen molar-refractivity contribution in [3.8, 4) is 0 Å². The van der Waals surface area contributed by atoms with E-state index in [1.165, 1.54) is 12.3 Å². The van der Waals surface area contributed by atoms with E-state index in [9.17, 15) is 14.0 Å². The van der Waals surface area contributed by atoms with E-state index in [-0.39, 0.29) is 17.8 Å². The van der Waals surface area contributed by atoms with Crippen molar-refractivity contribution in [2.24, 2.45) is 0 Å². The number of hydrogen-bond acceptors (Lipinski definition) is 6. The highest BCUT2D eigenvalue weighted by atomic mass is 19.1. The second kappa shape index (κ2) is 9.77. The van der Waals surface area contributed by atoms with Crippen molar-refractivity contribution < 1.29 is 18.7 Å². The van der Waals surface area contributed by atoms with Crippen molar-refractivity contribution in [1.82, 2.24) is 19.3 Å². The van der Waals surface area contributed by atoms with E-state index >= 15 is 0 Å². The third-order valence-electron chi connectivity index (χ3n) is 6.92. The van der Waals surface area contributed by atoms with Crippen molar-refractivity contribution in [3.05, 3.63) is 47.8 Å². The van der Waals surface area contributed by atoms with Crippen molar-refractivity contribution >= 4 is 35.0 Å². The van der Waals surface area contributed by atoms with Crippen LogP contribution in [0.1, 0.15) is 45.4 Å². The summed E-state index contributed by atoms with van der Waals surface area (Å²) in [4.78, 5) is 40.4. The molecule has 11 heteroatoms. The number of rotatable bonds is 3. The number of nitrogens with one attached hydrogen (secondary N) is 1. The smallest absolute Gasteiger partial charge is 0.410 e. The van der Waals surface area contributed by atoms with Gasteiger partial charge in [-0.1, -0.05) is 6.92 Å². The minimum atomic E-state index is -0.550. The van der Waals surface area contributed by atoms with Gasteiger partial charge in [0.15, 0.2) is 5.82 Å². The number of halogens is 1. The summed E-state index contributed by atoms with van der Waals surface area (Å²) in [6.45, 7) is 11.8. The SMILES string of the molecule is CC[C@@H]1CN(c2ccnc3c2CCN3C(=O)Nc2cn3cc(C)nc3cc2F)CCN1C(=O)OC(C)(C)C. The Bertz CT molecular complexity index is 1380. The number of aromatic nitrogens is 3. The molecule has 5 rings (SSSR count). The number of carbonyl (C=O) groups is 2. The summed E-state index contributed by atoms with van der Waals surface area (Å²) in [7, 11) is 0. The molecule has 2 aliphatic rings. The molecule has 10 nitrogen and oxygen atoms in total. The van der Waals surface area contributed by atoms with Crippen molar-refractivity contribution in [2.45, 2.75) is 59.1 Å². The molecule has 0 unspecified atom stereocenters. The zero-order valence-electron chi connectivity index (χ0n) is 22.5. The first-order valence-electron chi connectivity index (χ1n) is 13.0. The zero-order chi connectivity index (χ0) is 27.2. The molecule has 0 radical (unpaired) electrons. The van der Waals surface area contributed by atoms with E-state index in [1.54, 1.807) is 21.7 Å². The monoisotopic (exact) mass is 523 g/mol. The highest BCUT2D eigenvalue weighted by molar-refractivity contribution is 6.03. The summed E-state index contributed by atoms with van der Waals surface area (Å²) in [6.07, 6.45) is 6.14. The van der Waals surface area contributed by atoms with E-state index in [2.05, 4.69) is 27.1 Å². The molecular formula is C27H34FN7O3. The van der Waals surface area contributed by atoms with Crippen LogP contribution in [-0.4, -0.2) is 69.2 Å². The second-order valence-corrected chi connectivity index (χ2v) is 10.8. The summed E-state index contributed by atoms with van der Waals surface area (Å²) in [5, 5.41) is 2.70. The largest absolute Gasteiger partial charge is 0.444 e. The number of anilines is 3. The van der Waals surface area contributed by atoms with Gasteiger partial charge in [-0.25, -0.2) is 23.9 Å². The average molecular weight is 524 g/mol. The van der Waals surface area contributed by atoms with E-state index in [4.69, 9.17) is 4.74 Å². The molecular weight excluding hydrogens is 489 g/mol. The van der Waals surface area contributed by atoms with Crippen LogP contribution in [-0.2, 0) is 11.2 Å². The van der Waals surface area contributed by atoms with Gasteiger partial charge in [0, 0.05) is 62.1 Å². The molecule has 0 aromatic carbocycles.